The Labute approximate surface area is 171 Å². The molecule has 0 saturated heterocycles. The van der Waals surface area contributed by atoms with Crippen molar-refractivity contribution in [3.8, 4) is 11.3 Å². The smallest absolute Gasteiger partial charge is 0.190 e. The van der Waals surface area contributed by atoms with Gasteiger partial charge in [-0.2, -0.15) is 0 Å². The summed E-state index contributed by atoms with van der Waals surface area (Å²) in [6, 6.07) is 20.0. The van der Waals surface area contributed by atoms with Crippen LogP contribution in [0.15, 0.2) is 83.7 Å². The maximum absolute atomic E-state index is 6.43. The maximum Gasteiger partial charge on any atom is 0.190 e. The maximum atomic E-state index is 6.43. The van der Waals surface area contributed by atoms with Crippen LogP contribution in [0.1, 0.15) is 0 Å². The molecule has 0 aliphatic rings. The first-order valence-corrected chi connectivity index (χ1v) is 10.1. The Kier molecular flexibility index (Phi) is 5.17. The summed E-state index contributed by atoms with van der Waals surface area (Å²) in [7, 11) is 0. The second-order valence-corrected chi connectivity index (χ2v) is 7.72. The fraction of sp³-hybridized carbons (Fsp3) is 0.0455. The quantitative estimate of drug-likeness (QED) is 0.319. The molecule has 0 bridgehead atoms. The number of aromatic nitrogens is 1. The summed E-state index contributed by atoms with van der Waals surface area (Å²) in [6.07, 6.45) is 1.86. The van der Waals surface area contributed by atoms with Gasteiger partial charge in [-0.25, -0.2) is 4.99 Å². The van der Waals surface area contributed by atoms with Crippen LogP contribution >= 0.6 is 34.5 Å². The number of rotatable bonds is 4. The predicted octanol–water partition coefficient (Wildman–Crippen LogP) is 7.10. The van der Waals surface area contributed by atoms with Crippen LogP contribution in [-0.2, 0) is 6.54 Å². The molecule has 4 aromatic rings. The highest BCUT2D eigenvalue weighted by Crippen LogP contribution is 2.31. The van der Waals surface area contributed by atoms with Crippen molar-refractivity contribution in [2.75, 3.05) is 0 Å². The lowest BCUT2D eigenvalue weighted by atomic mass is 10.1. The molecule has 0 saturated carbocycles. The molecule has 0 atom stereocenters. The summed E-state index contributed by atoms with van der Waals surface area (Å²) in [5.74, 6) is 0. The van der Waals surface area contributed by atoms with E-state index < -0.39 is 0 Å². The molecule has 0 spiro atoms. The molecule has 27 heavy (non-hydrogen) atoms. The Morgan fingerprint density at radius 3 is 2.67 bits per heavy atom. The van der Waals surface area contributed by atoms with Crippen LogP contribution in [0, 0.1) is 0 Å². The molecular formula is C22H16Cl2N2S. The van der Waals surface area contributed by atoms with Gasteiger partial charge in [-0.05, 0) is 29.7 Å². The molecule has 0 unspecified atom stereocenters. The predicted molar refractivity (Wildman–Crippen MR) is 117 cm³/mol. The number of benzene rings is 3. The first kappa shape index (κ1) is 18.1. The summed E-state index contributed by atoms with van der Waals surface area (Å²) < 4.78 is 2.12. The van der Waals surface area contributed by atoms with Gasteiger partial charge in [0.1, 0.15) is 0 Å². The van der Waals surface area contributed by atoms with E-state index in [1.807, 2.05) is 42.5 Å². The molecule has 1 heterocycles. The fourth-order valence-electron chi connectivity index (χ4n) is 3.05. The van der Waals surface area contributed by atoms with Crippen molar-refractivity contribution in [1.29, 1.82) is 0 Å². The molecular weight excluding hydrogens is 395 g/mol. The number of nitrogens with zero attached hydrogens (tertiary/aromatic N) is 2. The van der Waals surface area contributed by atoms with E-state index in [0.29, 0.717) is 16.6 Å². The van der Waals surface area contributed by atoms with E-state index in [0.717, 1.165) is 27.1 Å². The largest absolute Gasteiger partial charge is 0.313 e. The summed E-state index contributed by atoms with van der Waals surface area (Å²) in [6.45, 7) is 4.53. The van der Waals surface area contributed by atoms with Gasteiger partial charge in [-0.15, -0.1) is 17.9 Å². The van der Waals surface area contributed by atoms with Crippen molar-refractivity contribution in [3.05, 3.63) is 93.5 Å². The van der Waals surface area contributed by atoms with E-state index in [2.05, 4.69) is 34.7 Å². The molecule has 2 nitrogen and oxygen atoms in total. The molecule has 0 N–H and O–H groups in total. The lowest BCUT2D eigenvalue weighted by molar-refractivity contribution is 0.801. The number of hydrogen-bond donors (Lipinski definition) is 0. The van der Waals surface area contributed by atoms with Crippen LogP contribution in [0.5, 0.6) is 0 Å². The van der Waals surface area contributed by atoms with E-state index in [4.69, 9.17) is 28.2 Å². The normalized spacial score (nSPS) is 11.9. The highest BCUT2D eigenvalue weighted by atomic mass is 35.5. The fourth-order valence-corrected chi connectivity index (χ4v) is 4.47. The van der Waals surface area contributed by atoms with Crippen molar-refractivity contribution in [3.63, 3.8) is 0 Å². The van der Waals surface area contributed by atoms with E-state index >= 15 is 0 Å². The van der Waals surface area contributed by atoms with E-state index in [1.165, 1.54) is 5.39 Å². The Morgan fingerprint density at radius 1 is 1.04 bits per heavy atom. The van der Waals surface area contributed by atoms with E-state index in [1.54, 1.807) is 17.4 Å². The number of halogens is 2. The van der Waals surface area contributed by atoms with Gasteiger partial charge < -0.3 is 4.57 Å². The van der Waals surface area contributed by atoms with Crippen molar-refractivity contribution in [1.82, 2.24) is 4.57 Å². The van der Waals surface area contributed by atoms with Crippen molar-refractivity contribution in [2.45, 2.75) is 6.54 Å². The third-order valence-corrected chi connectivity index (χ3v) is 5.71. The summed E-state index contributed by atoms with van der Waals surface area (Å²) >= 11 is 14.1. The minimum Gasteiger partial charge on any atom is -0.313 e. The monoisotopic (exact) mass is 410 g/mol. The van der Waals surface area contributed by atoms with Crippen molar-refractivity contribution < 1.29 is 0 Å². The first-order valence-electron chi connectivity index (χ1n) is 8.44. The van der Waals surface area contributed by atoms with Crippen LogP contribution < -0.4 is 4.80 Å². The van der Waals surface area contributed by atoms with E-state index in [-0.39, 0.29) is 0 Å². The van der Waals surface area contributed by atoms with E-state index in [9.17, 15) is 0 Å². The summed E-state index contributed by atoms with van der Waals surface area (Å²) in [5, 5.41) is 5.61. The number of allylic oxidation sites excluding steroid dienone is 1. The third kappa shape index (κ3) is 3.59. The standard InChI is InChI=1S/C22H16Cl2N2S/c1-2-12-26-21(18-11-10-16(23)13-19(18)24)14-27-22(26)25-20-9-5-7-15-6-3-4-8-17(15)20/h2-11,13-14H,1,12H2. The Balaban J connectivity index is 1.92. The first-order chi connectivity index (χ1) is 13.2. The van der Waals surface area contributed by atoms with Crippen molar-refractivity contribution >= 4 is 51.0 Å². The lowest BCUT2D eigenvalue weighted by Gasteiger charge is -2.09. The van der Waals surface area contributed by atoms with Crippen LogP contribution in [0.25, 0.3) is 22.0 Å². The molecule has 5 heteroatoms. The molecule has 134 valence electrons. The minimum atomic E-state index is 0.620. The van der Waals surface area contributed by atoms with Crippen molar-refractivity contribution in [2.24, 2.45) is 4.99 Å². The average molecular weight is 411 g/mol. The zero-order chi connectivity index (χ0) is 18.8. The van der Waals surface area contributed by atoms with Gasteiger partial charge in [0.2, 0.25) is 0 Å². The van der Waals surface area contributed by atoms with Gasteiger partial charge in [-0.1, -0.05) is 65.7 Å². The topological polar surface area (TPSA) is 17.3 Å². The number of fused-ring (bicyclic) bond motifs is 1. The average Bonchev–Trinajstić information content (AvgIpc) is 3.05. The summed E-state index contributed by atoms with van der Waals surface area (Å²) in [5.41, 5.74) is 2.88. The van der Waals surface area contributed by atoms with Gasteiger partial charge >= 0.3 is 0 Å². The third-order valence-electron chi connectivity index (χ3n) is 4.30. The number of hydrogen-bond acceptors (Lipinski definition) is 2. The molecule has 4 rings (SSSR count). The SMILES string of the molecule is C=CCn1c(-c2ccc(Cl)cc2Cl)csc1=Nc1cccc2ccccc12. The molecule has 0 aliphatic heterocycles. The van der Waals surface area contributed by atoms with Crippen LogP contribution in [0.3, 0.4) is 0 Å². The molecule has 0 radical (unpaired) electrons. The second kappa shape index (κ2) is 7.73. The Morgan fingerprint density at radius 2 is 1.85 bits per heavy atom. The second-order valence-electron chi connectivity index (χ2n) is 6.04. The van der Waals surface area contributed by atoms with Crippen LogP contribution in [0.4, 0.5) is 5.69 Å². The lowest BCUT2D eigenvalue weighted by Crippen LogP contribution is -2.14. The summed E-state index contributed by atoms with van der Waals surface area (Å²) in [4.78, 5) is 5.84. The molecule has 3 aromatic carbocycles. The van der Waals surface area contributed by atoms with Gasteiger partial charge in [0.25, 0.3) is 0 Å². The molecule has 0 fully saturated rings. The highest BCUT2D eigenvalue weighted by Gasteiger charge is 2.11. The van der Waals surface area contributed by atoms with Crippen LogP contribution in [0.2, 0.25) is 10.0 Å². The van der Waals surface area contributed by atoms with Gasteiger partial charge in [0.05, 0.1) is 16.4 Å². The zero-order valence-electron chi connectivity index (χ0n) is 14.4. The van der Waals surface area contributed by atoms with Gasteiger partial charge in [0, 0.05) is 27.9 Å². The highest BCUT2D eigenvalue weighted by molar-refractivity contribution is 7.07. The van der Waals surface area contributed by atoms with Gasteiger partial charge in [-0.3, -0.25) is 0 Å². The molecule has 0 amide bonds. The molecule has 1 aromatic heterocycles. The Hall–Kier alpha value is -2.33. The van der Waals surface area contributed by atoms with Gasteiger partial charge in [0.15, 0.2) is 4.80 Å². The minimum absolute atomic E-state index is 0.620. The number of thiazole rings is 1. The zero-order valence-corrected chi connectivity index (χ0v) is 16.7. The molecule has 0 aliphatic carbocycles. The Bertz CT molecular complexity index is 1200. The van der Waals surface area contributed by atoms with Crippen LogP contribution in [-0.4, -0.2) is 4.57 Å².